The summed E-state index contributed by atoms with van der Waals surface area (Å²) < 4.78 is 0. The maximum Gasteiger partial charge on any atom is 0.242 e. The van der Waals surface area contributed by atoms with Crippen molar-refractivity contribution in [1.82, 2.24) is 9.80 Å². The second kappa shape index (κ2) is 4.89. The first kappa shape index (κ1) is 12.5. The number of hydrogen-bond acceptors (Lipinski definition) is 3. The summed E-state index contributed by atoms with van der Waals surface area (Å²) in [5.74, 6) is 1.42. The molecule has 1 unspecified atom stereocenters. The van der Waals surface area contributed by atoms with E-state index < -0.39 is 0 Å². The van der Waals surface area contributed by atoms with Crippen molar-refractivity contribution in [2.24, 2.45) is 0 Å². The number of carbonyl (C=O) groups is 2. The molecule has 1 fully saturated rings. The first-order valence-electron chi connectivity index (χ1n) is 6.38. The Bertz CT molecular complexity index is 532. The fourth-order valence-corrected chi connectivity index (χ4v) is 3.82. The zero-order valence-corrected chi connectivity index (χ0v) is 11.7. The second-order valence-electron chi connectivity index (χ2n) is 5.07. The van der Waals surface area contributed by atoms with Crippen LogP contribution in [0.5, 0.6) is 0 Å². The van der Waals surface area contributed by atoms with Gasteiger partial charge in [-0.1, -0.05) is 18.2 Å². The van der Waals surface area contributed by atoms with Crippen LogP contribution in [-0.4, -0.2) is 54.0 Å². The van der Waals surface area contributed by atoms with Crippen LogP contribution >= 0.6 is 11.8 Å². The lowest BCUT2D eigenvalue weighted by molar-refractivity contribution is -0.148. The number of rotatable bonds is 2. The number of amides is 2. The van der Waals surface area contributed by atoms with Crippen LogP contribution in [0.2, 0.25) is 0 Å². The van der Waals surface area contributed by atoms with Crippen LogP contribution in [0.15, 0.2) is 29.2 Å². The highest BCUT2D eigenvalue weighted by atomic mass is 32.2. The summed E-state index contributed by atoms with van der Waals surface area (Å²) in [7, 11) is 1.68. The molecule has 4 nitrogen and oxygen atoms in total. The van der Waals surface area contributed by atoms with Gasteiger partial charge in [-0.15, -0.1) is 11.8 Å². The van der Waals surface area contributed by atoms with Crippen LogP contribution in [0.4, 0.5) is 0 Å². The van der Waals surface area contributed by atoms with Crippen molar-refractivity contribution in [2.45, 2.75) is 10.8 Å². The standard InChI is InChI=1S/C14H16N2O2S/c1-15-7-14(18)16(8-13(15)17)6-10-9-19-12-5-3-2-4-11(10)12/h2-5,10H,6-9H2,1H3. The minimum absolute atomic E-state index is 0.0264. The molecule has 0 bridgehead atoms. The fraction of sp³-hybridized carbons (Fsp3) is 0.429. The molecule has 19 heavy (non-hydrogen) atoms. The molecule has 2 heterocycles. The normalized spacial score (nSPS) is 22.9. The zero-order chi connectivity index (χ0) is 13.4. The molecular formula is C14H16N2O2S. The predicted octanol–water partition coefficient (Wildman–Crippen LogP) is 1.18. The molecule has 0 radical (unpaired) electrons. The molecule has 3 rings (SSSR count). The molecule has 1 aromatic rings. The zero-order valence-electron chi connectivity index (χ0n) is 10.8. The summed E-state index contributed by atoms with van der Waals surface area (Å²) in [5, 5.41) is 0. The van der Waals surface area contributed by atoms with E-state index in [0.29, 0.717) is 12.5 Å². The van der Waals surface area contributed by atoms with Gasteiger partial charge < -0.3 is 9.80 Å². The molecule has 2 aliphatic heterocycles. The summed E-state index contributed by atoms with van der Waals surface area (Å²) in [5.41, 5.74) is 1.31. The summed E-state index contributed by atoms with van der Waals surface area (Å²) in [6, 6.07) is 8.33. The van der Waals surface area contributed by atoms with E-state index in [0.717, 1.165) is 5.75 Å². The van der Waals surface area contributed by atoms with E-state index in [9.17, 15) is 9.59 Å². The molecular weight excluding hydrogens is 260 g/mol. The summed E-state index contributed by atoms with van der Waals surface area (Å²) in [6.07, 6.45) is 0. The largest absolute Gasteiger partial charge is 0.335 e. The van der Waals surface area contributed by atoms with Gasteiger partial charge in [-0.25, -0.2) is 0 Å². The third-order valence-electron chi connectivity index (χ3n) is 3.72. The quantitative estimate of drug-likeness (QED) is 0.814. The number of piperazine rings is 1. The summed E-state index contributed by atoms with van der Waals surface area (Å²) >= 11 is 1.83. The SMILES string of the molecule is CN1CC(=O)N(CC2CSc3ccccc32)CC1=O. The van der Waals surface area contributed by atoms with Crippen molar-refractivity contribution in [3.63, 3.8) is 0 Å². The third kappa shape index (κ3) is 2.34. The lowest BCUT2D eigenvalue weighted by atomic mass is 10.0. The monoisotopic (exact) mass is 276 g/mol. The number of carbonyl (C=O) groups excluding carboxylic acids is 2. The number of nitrogens with zero attached hydrogens (tertiary/aromatic N) is 2. The summed E-state index contributed by atoms with van der Waals surface area (Å²) in [4.78, 5) is 28.2. The summed E-state index contributed by atoms with van der Waals surface area (Å²) in [6.45, 7) is 1.08. The van der Waals surface area contributed by atoms with Gasteiger partial charge in [-0.3, -0.25) is 9.59 Å². The predicted molar refractivity (Wildman–Crippen MR) is 74.1 cm³/mol. The molecule has 1 saturated heterocycles. The van der Waals surface area contributed by atoms with Gasteiger partial charge >= 0.3 is 0 Å². The van der Waals surface area contributed by atoms with E-state index >= 15 is 0 Å². The van der Waals surface area contributed by atoms with Gasteiger partial charge in [0.15, 0.2) is 0 Å². The molecule has 0 N–H and O–H groups in total. The van der Waals surface area contributed by atoms with Gasteiger partial charge in [0.05, 0.1) is 13.1 Å². The van der Waals surface area contributed by atoms with Crippen LogP contribution in [0.1, 0.15) is 11.5 Å². The van der Waals surface area contributed by atoms with Crippen LogP contribution in [0, 0.1) is 0 Å². The first-order chi connectivity index (χ1) is 9.15. The van der Waals surface area contributed by atoms with Gasteiger partial charge in [0.1, 0.15) is 0 Å². The van der Waals surface area contributed by atoms with E-state index in [1.165, 1.54) is 15.4 Å². The van der Waals surface area contributed by atoms with E-state index in [1.807, 2.05) is 23.9 Å². The lowest BCUT2D eigenvalue weighted by Gasteiger charge is -2.33. The minimum Gasteiger partial charge on any atom is -0.335 e. The molecule has 0 aliphatic carbocycles. The smallest absolute Gasteiger partial charge is 0.242 e. The number of likely N-dealkylation sites (N-methyl/N-ethyl adjacent to an activating group) is 1. The molecule has 5 heteroatoms. The maximum atomic E-state index is 12.0. The molecule has 2 amide bonds. The minimum atomic E-state index is 0.0264. The van der Waals surface area contributed by atoms with Crippen LogP contribution < -0.4 is 0 Å². The van der Waals surface area contributed by atoms with Crippen molar-refractivity contribution in [1.29, 1.82) is 0 Å². The Hall–Kier alpha value is -1.49. The fourth-order valence-electron chi connectivity index (χ4n) is 2.58. The Morgan fingerprint density at radius 3 is 2.84 bits per heavy atom. The molecule has 0 saturated carbocycles. The lowest BCUT2D eigenvalue weighted by Crippen LogP contribution is -2.53. The average molecular weight is 276 g/mol. The van der Waals surface area contributed by atoms with Crippen molar-refractivity contribution < 1.29 is 9.59 Å². The van der Waals surface area contributed by atoms with Crippen LogP contribution in [-0.2, 0) is 9.59 Å². The Kier molecular flexibility index (Phi) is 3.22. The van der Waals surface area contributed by atoms with E-state index in [1.54, 1.807) is 11.9 Å². The average Bonchev–Trinajstić information content (AvgIpc) is 2.80. The van der Waals surface area contributed by atoms with Gasteiger partial charge in [-0.05, 0) is 11.6 Å². The highest BCUT2D eigenvalue weighted by molar-refractivity contribution is 7.99. The Morgan fingerprint density at radius 2 is 2.00 bits per heavy atom. The Labute approximate surface area is 116 Å². The molecule has 100 valence electrons. The highest BCUT2D eigenvalue weighted by Crippen LogP contribution is 2.39. The number of fused-ring (bicyclic) bond motifs is 1. The van der Waals surface area contributed by atoms with E-state index in [-0.39, 0.29) is 24.9 Å². The van der Waals surface area contributed by atoms with Crippen LogP contribution in [0.25, 0.3) is 0 Å². The van der Waals surface area contributed by atoms with Crippen molar-refractivity contribution in [3.8, 4) is 0 Å². The molecule has 1 aromatic carbocycles. The van der Waals surface area contributed by atoms with Crippen molar-refractivity contribution >= 4 is 23.6 Å². The highest BCUT2D eigenvalue weighted by Gasteiger charge is 2.31. The third-order valence-corrected chi connectivity index (χ3v) is 4.97. The van der Waals surface area contributed by atoms with Gasteiger partial charge in [0.2, 0.25) is 11.8 Å². The topological polar surface area (TPSA) is 40.6 Å². The number of benzene rings is 1. The Balaban J connectivity index is 1.73. The van der Waals surface area contributed by atoms with E-state index in [4.69, 9.17) is 0 Å². The van der Waals surface area contributed by atoms with Gasteiger partial charge in [-0.2, -0.15) is 0 Å². The Morgan fingerprint density at radius 1 is 1.21 bits per heavy atom. The molecule has 0 spiro atoms. The maximum absolute atomic E-state index is 12.0. The van der Waals surface area contributed by atoms with Gasteiger partial charge in [0, 0.05) is 30.2 Å². The molecule has 1 atom stereocenters. The number of hydrogen-bond donors (Lipinski definition) is 0. The van der Waals surface area contributed by atoms with E-state index in [2.05, 4.69) is 12.1 Å². The van der Waals surface area contributed by atoms with Gasteiger partial charge in [0.25, 0.3) is 0 Å². The van der Waals surface area contributed by atoms with Crippen molar-refractivity contribution in [3.05, 3.63) is 29.8 Å². The number of thioether (sulfide) groups is 1. The van der Waals surface area contributed by atoms with Crippen LogP contribution in [0.3, 0.4) is 0 Å². The molecule has 0 aromatic heterocycles. The second-order valence-corrected chi connectivity index (χ2v) is 6.13. The van der Waals surface area contributed by atoms with Crippen molar-refractivity contribution in [2.75, 3.05) is 32.4 Å². The first-order valence-corrected chi connectivity index (χ1v) is 7.37. The molecule has 2 aliphatic rings.